The minimum absolute atomic E-state index is 0.488. The molecule has 0 heterocycles. The molecule has 0 rings (SSSR count). The number of carbonyl (C=O) groups is 1. The van der Waals surface area contributed by atoms with Crippen LogP contribution in [0.3, 0.4) is 0 Å². The van der Waals surface area contributed by atoms with Crippen LogP contribution in [0, 0.1) is 0 Å². The second kappa shape index (κ2) is 3.37. The molecule has 0 spiro atoms. The maximum Gasteiger partial charge on any atom is 0.328 e. The maximum absolute atomic E-state index is 10.0. The van der Waals surface area contributed by atoms with E-state index in [2.05, 4.69) is 0 Å². The van der Waals surface area contributed by atoms with Crippen LogP contribution in [0.15, 0.2) is 12.2 Å². The molecule has 3 nitrogen and oxygen atoms in total. The average molecular weight is 144 g/mol. The summed E-state index contributed by atoms with van der Waals surface area (Å²) in [4.78, 5) is 10.0. The van der Waals surface area contributed by atoms with Crippen molar-refractivity contribution in [2.24, 2.45) is 0 Å². The summed E-state index contributed by atoms with van der Waals surface area (Å²) in [6.07, 6.45) is 2.57. The number of hydrogen-bond donors (Lipinski definition) is 1. The molecule has 0 aromatic heterocycles. The molecular weight excluding hydrogens is 132 g/mol. The van der Waals surface area contributed by atoms with E-state index >= 15 is 0 Å². The van der Waals surface area contributed by atoms with Gasteiger partial charge in [0.1, 0.15) is 0 Å². The second-order valence-electron chi connectivity index (χ2n) is 2.48. The first-order valence-electron chi connectivity index (χ1n) is 2.95. The van der Waals surface area contributed by atoms with Crippen LogP contribution in [-0.2, 0) is 9.53 Å². The van der Waals surface area contributed by atoms with E-state index in [1.165, 1.54) is 13.2 Å². The highest BCUT2D eigenvalue weighted by Crippen LogP contribution is 2.07. The number of carboxylic acids is 1. The topological polar surface area (TPSA) is 46.5 Å². The van der Waals surface area contributed by atoms with Crippen molar-refractivity contribution in [3.05, 3.63) is 12.2 Å². The molecule has 0 aliphatic rings. The van der Waals surface area contributed by atoms with Crippen LogP contribution in [0.4, 0.5) is 0 Å². The van der Waals surface area contributed by atoms with Crippen molar-refractivity contribution >= 4 is 5.97 Å². The molecule has 0 aliphatic heterocycles. The second-order valence-corrected chi connectivity index (χ2v) is 2.48. The fraction of sp³-hybridized carbons (Fsp3) is 0.571. The van der Waals surface area contributed by atoms with E-state index in [0.29, 0.717) is 0 Å². The van der Waals surface area contributed by atoms with E-state index in [-0.39, 0.29) is 0 Å². The molecule has 1 N–H and O–H groups in total. The van der Waals surface area contributed by atoms with Crippen molar-refractivity contribution in [1.82, 2.24) is 0 Å². The highest BCUT2D eigenvalue weighted by atomic mass is 16.5. The third-order valence-corrected chi connectivity index (χ3v) is 1.15. The monoisotopic (exact) mass is 144 g/mol. The van der Waals surface area contributed by atoms with Gasteiger partial charge >= 0.3 is 5.97 Å². The zero-order valence-corrected chi connectivity index (χ0v) is 6.42. The molecule has 0 amide bonds. The van der Waals surface area contributed by atoms with Crippen molar-refractivity contribution in [3.63, 3.8) is 0 Å². The van der Waals surface area contributed by atoms with Gasteiger partial charge in [0.2, 0.25) is 0 Å². The fourth-order valence-corrected chi connectivity index (χ4v) is 0.340. The zero-order valence-electron chi connectivity index (χ0n) is 6.42. The molecule has 0 radical (unpaired) electrons. The lowest BCUT2D eigenvalue weighted by Gasteiger charge is -2.16. The van der Waals surface area contributed by atoms with Crippen LogP contribution in [0.5, 0.6) is 0 Å². The Morgan fingerprint density at radius 3 is 2.40 bits per heavy atom. The lowest BCUT2D eigenvalue weighted by molar-refractivity contribution is -0.131. The third kappa shape index (κ3) is 4.09. The summed E-state index contributed by atoms with van der Waals surface area (Å²) in [7, 11) is 1.53. The molecule has 0 atom stereocenters. The summed E-state index contributed by atoms with van der Waals surface area (Å²) in [5, 5.41) is 8.23. The average Bonchev–Trinajstić information content (AvgIpc) is 1.85. The molecule has 0 aliphatic carbocycles. The normalized spacial score (nSPS) is 12.3. The molecule has 58 valence electrons. The van der Waals surface area contributed by atoms with Crippen molar-refractivity contribution < 1.29 is 14.6 Å². The quantitative estimate of drug-likeness (QED) is 0.602. The van der Waals surface area contributed by atoms with Crippen LogP contribution < -0.4 is 0 Å². The van der Waals surface area contributed by atoms with E-state index in [0.717, 1.165) is 6.08 Å². The summed E-state index contributed by atoms with van der Waals surface area (Å²) in [6.45, 7) is 3.57. The van der Waals surface area contributed by atoms with E-state index < -0.39 is 11.6 Å². The molecule has 0 aromatic carbocycles. The Hall–Kier alpha value is -0.830. The van der Waals surface area contributed by atoms with Gasteiger partial charge in [-0.25, -0.2) is 4.79 Å². The highest BCUT2D eigenvalue weighted by molar-refractivity contribution is 5.79. The molecule has 0 bridgehead atoms. The van der Waals surface area contributed by atoms with Gasteiger partial charge in [0.05, 0.1) is 5.60 Å². The number of methoxy groups -OCH3 is 1. The molecule has 0 fully saturated rings. The van der Waals surface area contributed by atoms with Crippen LogP contribution in [0.25, 0.3) is 0 Å². The zero-order chi connectivity index (χ0) is 8.20. The Kier molecular flexibility index (Phi) is 3.09. The van der Waals surface area contributed by atoms with Gasteiger partial charge in [-0.05, 0) is 19.9 Å². The Morgan fingerprint density at radius 1 is 1.60 bits per heavy atom. The van der Waals surface area contributed by atoms with Crippen molar-refractivity contribution in [2.75, 3.05) is 7.11 Å². The third-order valence-electron chi connectivity index (χ3n) is 1.15. The van der Waals surface area contributed by atoms with E-state index in [9.17, 15) is 4.79 Å². The minimum atomic E-state index is -0.954. The fourth-order valence-electron chi connectivity index (χ4n) is 0.340. The van der Waals surface area contributed by atoms with Crippen LogP contribution >= 0.6 is 0 Å². The molecular formula is C7H12O3. The summed E-state index contributed by atoms with van der Waals surface area (Å²) < 4.78 is 4.94. The molecule has 0 aromatic rings. The largest absolute Gasteiger partial charge is 0.478 e. The maximum atomic E-state index is 10.0. The summed E-state index contributed by atoms with van der Waals surface area (Å²) in [5.74, 6) is -0.954. The highest BCUT2D eigenvalue weighted by Gasteiger charge is 2.10. The molecule has 0 unspecified atom stereocenters. The standard InChI is InChI=1S/C7H12O3/c1-7(2,10-3)5-4-6(8)9/h4-5H,1-3H3,(H,8,9)/b5-4+. The molecule has 3 heteroatoms. The van der Waals surface area contributed by atoms with Crippen molar-refractivity contribution in [3.8, 4) is 0 Å². The van der Waals surface area contributed by atoms with Gasteiger partial charge < -0.3 is 9.84 Å². The molecule has 0 saturated carbocycles. The van der Waals surface area contributed by atoms with Gasteiger partial charge in [-0.2, -0.15) is 0 Å². The van der Waals surface area contributed by atoms with Gasteiger partial charge in [-0.15, -0.1) is 0 Å². The first-order chi connectivity index (χ1) is 4.48. The van der Waals surface area contributed by atoms with Crippen LogP contribution in [-0.4, -0.2) is 23.8 Å². The minimum Gasteiger partial charge on any atom is -0.478 e. The van der Waals surface area contributed by atoms with E-state index in [1.54, 1.807) is 13.8 Å². The number of ether oxygens (including phenoxy) is 1. The van der Waals surface area contributed by atoms with Gasteiger partial charge in [0, 0.05) is 13.2 Å². The van der Waals surface area contributed by atoms with E-state index in [4.69, 9.17) is 9.84 Å². The Labute approximate surface area is 60.3 Å². The smallest absolute Gasteiger partial charge is 0.328 e. The number of hydrogen-bond acceptors (Lipinski definition) is 2. The summed E-state index contributed by atoms with van der Waals surface area (Å²) in [5.41, 5.74) is -0.488. The lowest BCUT2D eigenvalue weighted by atomic mass is 10.1. The van der Waals surface area contributed by atoms with Gasteiger partial charge in [0.25, 0.3) is 0 Å². The van der Waals surface area contributed by atoms with Crippen LogP contribution in [0.2, 0.25) is 0 Å². The van der Waals surface area contributed by atoms with Gasteiger partial charge in [0.15, 0.2) is 0 Å². The Bertz CT molecular complexity index is 147. The van der Waals surface area contributed by atoms with Crippen molar-refractivity contribution in [1.29, 1.82) is 0 Å². The Morgan fingerprint density at radius 2 is 2.10 bits per heavy atom. The SMILES string of the molecule is COC(C)(C)/C=C/C(=O)O. The summed E-state index contributed by atoms with van der Waals surface area (Å²) in [6, 6.07) is 0. The predicted octanol–water partition coefficient (Wildman–Crippen LogP) is 1.05. The molecule has 10 heavy (non-hydrogen) atoms. The molecule has 0 saturated heterocycles. The van der Waals surface area contributed by atoms with Crippen molar-refractivity contribution in [2.45, 2.75) is 19.4 Å². The first kappa shape index (κ1) is 9.17. The van der Waals surface area contributed by atoms with Gasteiger partial charge in [-0.1, -0.05) is 0 Å². The number of rotatable bonds is 3. The predicted molar refractivity (Wildman–Crippen MR) is 37.9 cm³/mol. The summed E-state index contributed by atoms with van der Waals surface area (Å²) >= 11 is 0. The first-order valence-corrected chi connectivity index (χ1v) is 2.95. The van der Waals surface area contributed by atoms with Crippen LogP contribution in [0.1, 0.15) is 13.8 Å². The number of aliphatic carboxylic acids is 1. The Balaban J connectivity index is 3.99. The van der Waals surface area contributed by atoms with E-state index in [1.807, 2.05) is 0 Å². The van der Waals surface area contributed by atoms with Gasteiger partial charge in [-0.3, -0.25) is 0 Å². The number of carboxylic acid groups (broad SMARTS) is 1. The lowest BCUT2D eigenvalue weighted by Crippen LogP contribution is -2.18.